The molecular weight excluding hydrogens is 224 g/mol. The average Bonchev–Trinajstić information content (AvgIpc) is 2.83. The van der Waals surface area contributed by atoms with E-state index in [0.717, 1.165) is 33.1 Å². The Morgan fingerprint density at radius 2 is 1.11 bits per heavy atom. The lowest BCUT2D eigenvalue weighted by Crippen LogP contribution is -1.70. The minimum Gasteiger partial charge on any atom is -0.452 e. The fraction of sp³-hybridized carbons (Fsp3) is 0.125. The first-order valence-corrected chi connectivity index (χ1v) is 6.04. The molecule has 2 aromatic carbocycles. The molecular formula is C16H12O2. The van der Waals surface area contributed by atoms with Crippen molar-refractivity contribution >= 4 is 33.1 Å². The smallest absolute Gasteiger partial charge is 0.181 e. The van der Waals surface area contributed by atoms with E-state index < -0.39 is 0 Å². The summed E-state index contributed by atoms with van der Waals surface area (Å²) in [5.74, 6) is 0. The summed E-state index contributed by atoms with van der Waals surface area (Å²) >= 11 is 0. The molecule has 18 heavy (non-hydrogen) atoms. The Morgan fingerprint density at radius 1 is 0.667 bits per heavy atom. The lowest BCUT2D eigenvalue weighted by atomic mass is 10.1. The number of hydrogen-bond acceptors (Lipinski definition) is 2. The van der Waals surface area contributed by atoms with Crippen LogP contribution < -0.4 is 0 Å². The van der Waals surface area contributed by atoms with Gasteiger partial charge in [0.1, 0.15) is 11.2 Å². The quantitative estimate of drug-likeness (QED) is 0.432. The molecule has 0 saturated carbocycles. The highest BCUT2D eigenvalue weighted by Crippen LogP contribution is 2.36. The maximum Gasteiger partial charge on any atom is 0.181 e. The number of fused-ring (bicyclic) bond motifs is 5. The van der Waals surface area contributed by atoms with Gasteiger partial charge in [0.2, 0.25) is 0 Å². The third-order valence-corrected chi connectivity index (χ3v) is 3.39. The van der Waals surface area contributed by atoms with Crippen molar-refractivity contribution in [2.75, 3.05) is 0 Å². The van der Waals surface area contributed by atoms with Crippen molar-refractivity contribution in [3.63, 3.8) is 0 Å². The minimum absolute atomic E-state index is 0.852. The Morgan fingerprint density at radius 3 is 1.56 bits per heavy atom. The Hall–Kier alpha value is -2.22. The zero-order valence-corrected chi connectivity index (χ0v) is 10.3. The Kier molecular flexibility index (Phi) is 1.72. The molecule has 0 fully saturated rings. The summed E-state index contributed by atoms with van der Waals surface area (Å²) in [6.07, 6.45) is 0. The summed E-state index contributed by atoms with van der Waals surface area (Å²) in [7, 11) is 0. The molecule has 2 heterocycles. The van der Waals surface area contributed by atoms with E-state index in [2.05, 4.69) is 38.1 Å². The van der Waals surface area contributed by atoms with Crippen LogP contribution in [0.15, 0.2) is 45.2 Å². The molecule has 0 spiro atoms. The summed E-state index contributed by atoms with van der Waals surface area (Å²) in [5.41, 5.74) is 5.88. The molecule has 0 bridgehead atoms. The molecule has 0 aliphatic rings. The largest absolute Gasteiger partial charge is 0.452 e. The van der Waals surface area contributed by atoms with Gasteiger partial charge >= 0.3 is 0 Å². The summed E-state index contributed by atoms with van der Waals surface area (Å²) in [5, 5.41) is 2.09. The lowest BCUT2D eigenvalue weighted by Gasteiger charge is -1.93. The standard InChI is InChI=1S/C16H12O2/c1-9-3-5-11-13(7-9)17-16-12-6-4-10(2)8-14(12)18-15(11)16/h3-8H,1-2H3. The summed E-state index contributed by atoms with van der Waals surface area (Å²) in [4.78, 5) is 0. The number of rotatable bonds is 0. The van der Waals surface area contributed by atoms with E-state index in [1.807, 2.05) is 12.1 Å². The summed E-state index contributed by atoms with van der Waals surface area (Å²) in [6, 6.07) is 12.4. The normalized spacial score (nSPS) is 11.9. The molecule has 4 rings (SSSR count). The van der Waals surface area contributed by atoms with Gasteiger partial charge < -0.3 is 8.83 Å². The first-order chi connectivity index (χ1) is 8.72. The van der Waals surface area contributed by atoms with Gasteiger partial charge in [-0.25, -0.2) is 0 Å². The van der Waals surface area contributed by atoms with Crippen molar-refractivity contribution < 1.29 is 8.83 Å². The molecule has 0 unspecified atom stereocenters. The first kappa shape index (κ1) is 9.77. The van der Waals surface area contributed by atoms with Crippen molar-refractivity contribution in [3.05, 3.63) is 47.5 Å². The van der Waals surface area contributed by atoms with Crippen LogP contribution >= 0.6 is 0 Å². The van der Waals surface area contributed by atoms with E-state index in [1.165, 1.54) is 11.1 Å². The monoisotopic (exact) mass is 236 g/mol. The number of aryl methyl sites for hydroxylation is 2. The molecule has 0 aliphatic carbocycles. The SMILES string of the molecule is Cc1ccc2c(c1)oc1c3ccc(C)cc3oc21. The van der Waals surface area contributed by atoms with Crippen LogP contribution in [0.1, 0.15) is 11.1 Å². The summed E-state index contributed by atoms with van der Waals surface area (Å²) < 4.78 is 11.9. The zero-order chi connectivity index (χ0) is 12.3. The number of benzene rings is 2. The van der Waals surface area contributed by atoms with Crippen LogP contribution in [0, 0.1) is 13.8 Å². The minimum atomic E-state index is 0.852. The lowest BCUT2D eigenvalue weighted by molar-refractivity contribution is 0.653. The second kappa shape index (κ2) is 3.16. The Bertz CT molecular complexity index is 818. The molecule has 0 amide bonds. The van der Waals surface area contributed by atoms with Crippen LogP contribution in [0.25, 0.3) is 33.1 Å². The fourth-order valence-electron chi connectivity index (χ4n) is 2.47. The van der Waals surface area contributed by atoms with E-state index in [0.29, 0.717) is 0 Å². The van der Waals surface area contributed by atoms with Crippen LogP contribution in [0.3, 0.4) is 0 Å². The van der Waals surface area contributed by atoms with Gasteiger partial charge in [0.05, 0.1) is 10.8 Å². The van der Waals surface area contributed by atoms with Crippen molar-refractivity contribution in [1.82, 2.24) is 0 Å². The molecule has 2 heteroatoms. The van der Waals surface area contributed by atoms with Crippen molar-refractivity contribution in [2.45, 2.75) is 13.8 Å². The van der Waals surface area contributed by atoms with Gasteiger partial charge in [0, 0.05) is 0 Å². The van der Waals surface area contributed by atoms with Crippen molar-refractivity contribution in [3.8, 4) is 0 Å². The first-order valence-electron chi connectivity index (χ1n) is 6.04. The highest BCUT2D eigenvalue weighted by Gasteiger charge is 2.15. The second-order valence-corrected chi connectivity index (χ2v) is 4.86. The average molecular weight is 236 g/mol. The predicted octanol–water partition coefficient (Wildman–Crippen LogP) is 4.95. The number of hydrogen-bond donors (Lipinski definition) is 0. The second-order valence-electron chi connectivity index (χ2n) is 4.86. The van der Waals surface area contributed by atoms with Crippen LogP contribution in [0.2, 0.25) is 0 Å². The van der Waals surface area contributed by atoms with Gasteiger partial charge in [-0.1, -0.05) is 12.1 Å². The van der Waals surface area contributed by atoms with E-state index >= 15 is 0 Å². The van der Waals surface area contributed by atoms with Crippen LogP contribution in [-0.2, 0) is 0 Å². The molecule has 2 nitrogen and oxygen atoms in total. The zero-order valence-electron chi connectivity index (χ0n) is 10.3. The third-order valence-electron chi connectivity index (χ3n) is 3.39. The van der Waals surface area contributed by atoms with E-state index in [-0.39, 0.29) is 0 Å². The van der Waals surface area contributed by atoms with E-state index in [1.54, 1.807) is 0 Å². The predicted molar refractivity (Wildman–Crippen MR) is 73.0 cm³/mol. The molecule has 0 saturated heterocycles. The maximum atomic E-state index is 5.93. The van der Waals surface area contributed by atoms with Gasteiger partial charge in [-0.05, 0) is 49.2 Å². The van der Waals surface area contributed by atoms with Crippen LogP contribution in [0.5, 0.6) is 0 Å². The van der Waals surface area contributed by atoms with Gasteiger partial charge in [0.15, 0.2) is 11.2 Å². The topological polar surface area (TPSA) is 26.3 Å². The van der Waals surface area contributed by atoms with Gasteiger partial charge in [-0.2, -0.15) is 0 Å². The van der Waals surface area contributed by atoms with E-state index in [4.69, 9.17) is 8.83 Å². The molecule has 88 valence electrons. The maximum absolute atomic E-state index is 5.93. The highest BCUT2D eigenvalue weighted by atomic mass is 16.4. The summed E-state index contributed by atoms with van der Waals surface area (Å²) in [6.45, 7) is 4.12. The molecule has 0 atom stereocenters. The van der Waals surface area contributed by atoms with Gasteiger partial charge in [0.25, 0.3) is 0 Å². The number of furan rings is 2. The Labute approximate surface area is 104 Å². The molecule has 4 aromatic rings. The van der Waals surface area contributed by atoms with Crippen LogP contribution in [-0.4, -0.2) is 0 Å². The fourth-order valence-corrected chi connectivity index (χ4v) is 2.47. The highest BCUT2D eigenvalue weighted by molar-refractivity contribution is 6.12. The molecule has 2 aromatic heterocycles. The van der Waals surface area contributed by atoms with Gasteiger partial charge in [-0.15, -0.1) is 0 Å². The third kappa shape index (κ3) is 1.17. The molecule has 0 N–H and O–H groups in total. The molecule has 0 radical (unpaired) electrons. The van der Waals surface area contributed by atoms with Crippen molar-refractivity contribution in [2.24, 2.45) is 0 Å². The van der Waals surface area contributed by atoms with E-state index in [9.17, 15) is 0 Å². The Balaban J connectivity index is 2.23. The van der Waals surface area contributed by atoms with Crippen molar-refractivity contribution in [1.29, 1.82) is 0 Å². The molecule has 0 aliphatic heterocycles. The van der Waals surface area contributed by atoms with Gasteiger partial charge in [-0.3, -0.25) is 0 Å². The van der Waals surface area contributed by atoms with Crippen LogP contribution in [0.4, 0.5) is 0 Å².